The Bertz CT molecular complexity index is 1130. The molecule has 8 nitrogen and oxygen atoms in total. The second-order valence-electron chi connectivity index (χ2n) is 9.48. The van der Waals surface area contributed by atoms with Crippen molar-refractivity contribution in [2.24, 2.45) is 5.92 Å². The molecule has 0 aliphatic carbocycles. The van der Waals surface area contributed by atoms with E-state index in [2.05, 4.69) is 10.6 Å². The number of piperidine rings is 1. The lowest BCUT2D eigenvalue weighted by molar-refractivity contribution is -0.120. The molecule has 0 spiro atoms. The molecular formula is C27H35N3O5S. The van der Waals surface area contributed by atoms with Gasteiger partial charge < -0.3 is 15.4 Å². The molecule has 4 rings (SSSR count). The molecule has 9 heteroatoms. The number of aryl methyl sites for hydroxylation is 1. The van der Waals surface area contributed by atoms with Crippen LogP contribution in [0.1, 0.15) is 48.0 Å². The summed E-state index contributed by atoms with van der Waals surface area (Å²) < 4.78 is 32.9. The van der Waals surface area contributed by atoms with Crippen LogP contribution in [0.15, 0.2) is 54.6 Å². The molecular weight excluding hydrogens is 478 g/mol. The van der Waals surface area contributed by atoms with Crippen LogP contribution >= 0.6 is 0 Å². The van der Waals surface area contributed by atoms with Gasteiger partial charge in [0.2, 0.25) is 15.9 Å². The highest BCUT2D eigenvalue weighted by molar-refractivity contribution is 7.89. The van der Waals surface area contributed by atoms with Crippen molar-refractivity contribution in [2.45, 2.75) is 44.6 Å². The molecule has 2 saturated heterocycles. The zero-order valence-electron chi connectivity index (χ0n) is 20.5. The van der Waals surface area contributed by atoms with Crippen molar-refractivity contribution in [3.8, 4) is 0 Å². The SMILES string of the molecule is O=C(NC[C@@H]1CCCO1)c1ccccc1NC(=O)[C@H]1CCCN(S(=O)(=O)CCCc2ccccc2)C1. The summed E-state index contributed by atoms with van der Waals surface area (Å²) >= 11 is 0. The number of hydrogen-bond acceptors (Lipinski definition) is 5. The molecule has 0 bridgehead atoms. The summed E-state index contributed by atoms with van der Waals surface area (Å²) in [6.45, 7) is 1.74. The number of hydrogen-bond donors (Lipinski definition) is 2. The van der Waals surface area contributed by atoms with Gasteiger partial charge in [0.15, 0.2) is 0 Å². The molecule has 2 aromatic carbocycles. The van der Waals surface area contributed by atoms with E-state index in [4.69, 9.17) is 4.74 Å². The highest BCUT2D eigenvalue weighted by Crippen LogP contribution is 2.23. The van der Waals surface area contributed by atoms with Crippen molar-refractivity contribution in [3.63, 3.8) is 0 Å². The fraction of sp³-hybridized carbons (Fsp3) is 0.481. The van der Waals surface area contributed by atoms with Gasteiger partial charge in [0.1, 0.15) is 0 Å². The summed E-state index contributed by atoms with van der Waals surface area (Å²) in [6.07, 6.45) is 4.41. The molecule has 36 heavy (non-hydrogen) atoms. The van der Waals surface area contributed by atoms with Crippen molar-refractivity contribution in [2.75, 3.05) is 37.3 Å². The topological polar surface area (TPSA) is 105 Å². The molecule has 0 aromatic heterocycles. The van der Waals surface area contributed by atoms with Crippen LogP contribution in [-0.2, 0) is 26.0 Å². The average Bonchev–Trinajstić information content (AvgIpc) is 3.42. The molecule has 2 fully saturated rings. The first kappa shape index (κ1) is 26.3. The van der Waals surface area contributed by atoms with Gasteiger partial charge in [-0.05, 0) is 56.2 Å². The number of nitrogens with one attached hydrogen (secondary N) is 2. The minimum absolute atomic E-state index is 0.0265. The van der Waals surface area contributed by atoms with Crippen LogP contribution in [0.5, 0.6) is 0 Å². The van der Waals surface area contributed by atoms with Gasteiger partial charge in [0, 0.05) is 26.2 Å². The lowest BCUT2D eigenvalue weighted by Crippen LogP contribution is -2.44. The minimum Gasteiger partial charge on any atom is -0.376 e. The summed E-state index contributed by atoms with van der Waals surface area (Å²) in [4.78, 5) is 25.9. The predicted octanol–water partition coefficient (Wildman–Crippen LogP) is 3.21. The standard InChI is InChI=1S/C27H35N3O5S/c31-26(29-25-15-5-4-14-24(25)27(32)28-19-23-13-7-17-35-23)22-12-6-16-30(20-22)36(33,34)18-8-11-21-9-2-1-3-10-21/h1-5,9-10,14-15,22-23H,6-8,11-13,16-20H2,(H,28,32)(H,29,31)/t22-,23-/m0/s1. The zero-order chi connectivity index (χ0) is 25.4. The van der Waals surface area contributed by atoms with Crippen LogP contribution < -0.4 is 10.6 Å². The first-order valence-electron chi connectivity index (χ1n) is 12.7. The lowest BCUT2D eigenvalue weighted by Gasteiger charge is -2.31. The second kappa shape index (κ2) is 12.5. The smallest absolute Gasteiger partial charge is 0.253 e. The van der Waals surface area contributed by atoms with E-state index in [0.29, 0.717) is 56.6 Å². The maximum Gasteiger partial charge on any atom is 0.253 e. The van der Waals surface area contributed by atoms with Gasteiger partial charge in [-0.2, -0.15) is 0 Å². The van der Waals surface area contributed by atoms with Gasteiger partial charge >= 0.3 is 0 Å². The van der Waals surface area contributed by atoms with E-state index in [1.807, 2.05) is 30.3 Å². The molecule has 2 atom stereocenters. The van der Waals surface area contributed by atoms with Crippen molar-refractivity contribution in [3.05, 3.63) is 65.7 Å². The number of carbonyl (C=O) groups is 2. The van der Waals surface area contributed by atoms with Gasteiger partial charge in [-0.15, -0.1) is 0 Å². The maximum atomic E-state index is 13.1. The van der Waals surface area contributed by atoms with Crippen LogP contribution in [0.25, 0.3) is 0 Å². The minimum atomic E-state index is -3.45. The molecule has 0 radical (unpaired) electrons. The van der Waals surface area contributed by atoms with E-state index >= 15 is 0 Å². The third kappa shape index (κ3) is 7.15. The van der Waals surface area contributed by atoms with Crippen molar-refractivity contribution < 1.29 is 22.7 Å². The molecule has 2 N–H and O–H groups in total. The number of ether oxygens (including phenoxy) is 1. The lowest BCUT2D eigenvalue weighted by atomic mass is 9.98. The normalized spacial score (nSPS) is 20.7. The van der Waals surface area contributed by atoms with Gasteiger partial charge in [-0.3, -0.25) is 9.59 Å². The molecule has 2 aromatic rings. The molecule has 2 aliphatic rings. The van der Waals surface area contributed by atoms with Gasteiger partial charge in [-0.25, -0.2) is 12.7 Å². The number of carbonyl (C=O) groups excluding carboxylic acids is 2. The maximum absolute atomic E-state index is 13.1. The fourth-order valence-electron chi connectivity index (χ4n) is 4.77. The number of rotatable bonds is 10. The van der Waals surface area contributed by atoms with E-state index in [1.165, 1.54) is 4.31 Å². The van der Waals surface area contributed by atoms with Crippen LogP contribution in [0.3, 0.4) is 0 Å². The van der Waals surface area contributed by atoms with Crippen molar-refractivity contribution >= 4 is 27.5 Å². The molecule has 2 amide bonds. The van der Waals surface area contributed by atoms with E-state index in [1.54, 1.807) is 24.3 Å². The Morgan fingerprint density at radius 1 is 1.00 bits per heavy atom. The second-order valence-corrected chi connectivity index (χ2v) is 11.6. The van der Waals surface area contributed by atoms with Crippen LogP contribution in [0, 0.1) is 5.92 Å². The van der Waals surface area contributed by atoms with Crippen LogP contribution in [0.2, 0.25) is 0 Å². The van der Waals surface area contributed by atoms with Gasteiger partial charge in [-0.1, -0.05) is 42.5 Å². The zero-order valence-corrected chi connectivity index (χ0v) is 21.3. The first-order valence-corrected chi connectivity index (χ1v) is 14.3. The Balaban J connectivity index is 1.32. The Kier molecular flexibility index (Phi) is 9.12. The molecule has 2 aliphatic heterocycles. The number of nitrogens with zero attached hydrogens (tertiary/aromatic N) is 1. The fourth-order valence-corrected chi connectivity index (χ4v) is 6.36. The Morgan fingerprint density at radius 3 is 2.56 bits per heavy atom. The first-order chi connectivity index (χ1) is 17.4. The average molecular weight is 514 g/mol. The Labute approximate surface area is 213 Å². The summed E-state index contributed by atoms with van der Waals surface area (Å²) in [7, 11) is -3.45. The number of benzene rings is 2. The Hall–Kier alpha value is -2.75. The van der Waals surface area contributed by atoms with E-state index < -0.39 is 15.9 Å². The highest BCUT2D eigenvalue weighted by Gasteiger charge is 2.32. The molecule has 0 saturated carbocycles. The predicted molar refractivity (Wildman–Crippen MR) is 139 cm³/mol. The molecule has 2 heterocycles. The third-order valence-electron chi connectivity index (χ3n) is 6.80. The van der Waals surface area contributed by atoms with Crippen molar-refractivity contribution in [1.29, 1.82) is 0 Å². The van der Waals surface area contributed by atoms with Crippen LogP contribution in [0.4, 0.5) is 5.69 Å². The van der Waals surface area contributed by atoms with E-state index in [-0.39, 0.29) is 30.2 Å². The molecule has 0 unspecified atom stereocenters. The highest BCUT2D eigenvalue weighted by atomic mass is 32.2. The van der Waals surface area contributed by atoms with E-state index in [0.717, 1.165) is 18.4 Å². The summed E-state index contributed by atoms with van der Waals surface area (Å²) in [5, 5.41) is 5.76. The monoisotopic (exact) mass is 513 g/mol. The summed E-state index contributed by atoms with van der Waals surface area (Å²) in [5.41, 5.74) is 1.92. The Morgan fingerprint density at radius 2 is 1.78 bits per heavy atom. The quantitative estimate of drug-likeness (QED) is 0.508. The van der Waals surface area contributed by atoms with Gasteiger partial charge in [0.25, 0.3) is 5.91 Å². The van der Waals surface area contributed by atoms with Gasteiger partial charge in [0.05, 0.1) is 29.0 Å². The summed E-state index contributed by atoms with van der Waals surface area (Å²) in [5.74, 6) is -0.943. The summed E-state index contributed by atoms with van der Waals surface area (Å²) in [6, 6.07) is 16.7. The number of anilines is 1. The number of amides is 2. The van der Waals surface area contributed by atoms with Crippen LogP contribution in [-0.4, -0.2) is 62.6 Å². The number of sulfonamides is 1. The largest absolute Gasteiger partial charge is 0.376 e. The third-order valence-corrected chi connectivity index (χ3v) is 8.73. The van der Waals surface area contributed by atoms with Crippen molar-refractivity contribution in [1.82, 2.24) is 9.62 Å². The number of para-hydroxylation sites is 1. The van der Waals surface area contributed by atoms with E-state index in [9.17, 15) is 18.0 Å². The molecule has 194 valence electrons.